The van der Waals surface area contributed by atoms with Gasteiger partial charge in [0.2, 0.25) is 5.76 Å². The van der Waals surface area contributed by atoms with Crippen molar-refractivity contribution in [2.75, 3.05) is 7.11 Å². The van der Waals surface area contributed by atoms with E-state index in [4.69, 9.17) is 4.42 Å². The van der Waals surface area contributed by atoms with E-state index in [1.807, 2.05) is 18.5 Å². The van der Waals surface area contributed by atoms with Crippen LogP contribution in [-0.4, -0.2) is 27.8 Å². The maximum atomic E-state index is 11.2. The maximum absolute atomic E-state index is 11.2. The summed E-state index contributed by atoms with van der Waals surface area (Å²) in [6.07, 6.45) is 1.65. The zero-order valence-electron chi connectivity index (χ0n) is 11.1. The monoisotopic (exact) mass is 264 g/mol. The van der Waals surface area contributed by atoms with E-state index in [2.05, 4.69) is 20.3 Å². The first-order chi connectivity index (χ1) is 9.11. The van der Waals surface area contributed by atoms with Crippen LogP contribution in [0.2, 0.25) is 0 Å². The number of rotatable bonds is 5. The number of esters is 1. The lowest BCUT2D eigenvalue weighted by molar-refractivity contribution is 0.0563. The maximum Gasteiger partial charge on any atom is 0.373 e. The van der Waals surface area contributed by atoms with Crippen molar-refractivity contribution in [1.82, 2.24) is 20.1 Å². The molecule has 7 heteroatoms. The molecule has 1 atom stereocenters. The zero-order valence-corrected chi connectivity index (χ0v) is 11.1. The third kappa shape index (κ3) is 3.00. The number of carbonyl (C=O) groups excluding carboxylic acids is 1. The number of nitrogens with zero attached hydrogens (tertiary/aromatic N) is 3. The van der Waals surface area contributed by atoms with Gasteiger partial charge in [-0.05, 0) is 19.1 Å². The standard InChI is InChI=1S/C12H16N4O3/c1-8(11-15-14-7-16(11)2)13-6-9-4-5-10(19-9)12(17)18-3/h4-5,7-8,13H,6H2,1-3H3. The number of ether oxygens (including phenoxy) is 1. The normalized spacial score (nSPS) is 12.4. The summed E-state index contributed by atoms with van der Waals surface area (Å²) in [5.74, 6) is 1.22. The summed E-state index contributed by atoms with van der Waals surface area (Å²) in [6, 6.07) is 3.36. The van der Waals surface area contributed by atoms with Gasteiger partial charge in [-0.25, -0.2) is 4.79 Å². The van der Waals surface area contributed by atoms with Crippen LogP contribution in [0.3, 0.4) is 0 Å². The molecule has 0 saturated carbocycles. The Hall–Kier alpha value is -2.15. The Morgan fingerprint density at radius 3 is 3.00 bits per heavy atom. The lowest BCUT2D eigenvalue weighted by Gasteiger charge is -2.11. The van der Waals surface area contributed by atoms with Gasteiger partial charge in [0.25, 0.3) is 0 Å². The van der Waals surface area contributed by atoms with E-state index in [0.717, 1.165) is 5.82 Å². The van der Waals surface area contributed by atoms with Gasteiger partial charge in [0.05, 0.1) is 19.7 Å². The SMILES string of the molecule is COC(=O)c1ccc(CNC(C)c2nncn2C)o1. The second kappa shape index (κ2) is 5.66. The summed E-state index contributed by atoms with van der Waals surface area (Å²) in [4.78, 5) is 11.2. The third-order valence-electron chi connectivity index (χ3n) is 2.76. The summed E-state index contributed by atoms with van der Waals surface area (Å²) < 4.78 is 11.8. The fourth-order valence-corrected chi connectivity index (χ4v) is 1.71. The quantitative estimate of drug-likeness (QED) is 0.813. The van der Waals surface area contributed by atoms with Gasteiger partial charge >= 0.3 is 5.97 Å². The van der Waals surface area contributed by atoms with E-state index >= 15 is 0 Å². The van der Waals surface area contributed by atoms with Crippen LogP contribution >= 0.6 is 0 Å². The Kier molecular flexibility index (Phi) is 3.96. The van der Waals surface area contributed by atoms with Crippen LogP contribution in [0.1, 0.15) is 35.1 Å². The van der Waals surface area contributed by atoms with E-state index < -0.39 is 5.97 Å². The molecule has 0 aromatic carbocycles. The molecule has 0 amide bonds. The molecule has 0 aliphatic heterocycles. The lowest BCUT2D eigenvalue weighted by atomic mass is 10.3. The van der Waals surface area contributed by atoms with Gasteiger partial charge in [-0.1, -0.05) is 0 Å². The Balaban J connectivity index is 1.94. The van der Waals surface area contributed by atoms with Crippen LogP contribution in [0, 0.1) is 0 Å². The van der Waals surface area contributed by atoms with E-state index in [1.165, 1.54) is 7.11 Å². The molecule has 2 heterocycles. The minimum absolute atomic E-state index is 0.0270. The first-order valence-corrected chi connectivity index (χ1v) is 5.86. The van der Waals surface area contributed by atoms with E-state index in [-0.39, 0.29) is 11.8 Å². The molecule has 2 aromatic rings. The molecular formula is C12H16N4O3. The van der Waals surface area contributed by atoms with Crippen LogP contribution in [0.25, 0.3) is 0 Å². The molecular weight excluding hydrogens is 248 g/mol. The number of hydrogen-bond donors (Lipinski definition) is 1. The molecule has 0 aliphatic rings. The van der Waals surface area contributed by atoms with Crippen LogP contribution in [-0.2, 0) is 18.3 Å². The minimum atomic E-state index is -0.479. The second-order valence-corrected chi connectivity index (χ2v) is 4.16. The van der Waals surface area contributed by atoms with Gasteiger partial charge < -0.3 is 19.0 Å². The van der Waals surface area contributed by atoms with Gasteiger partial charge in [-0.15, -0.1) is 10.2 Å². The topological polar surface area (TPSA) is 82.2 Å². The van der Waals surface area contributed by atoms with Crippen molar-refractivity contribution in [3.8, 4) is 0 Å². The number of furan rings is 1. The average Bonchev–Trinajstić information content (AvgIpc) is 3.04. The first-order valence-electron chi connectivity index (χ1n) is 5.86. The Morgan fingerprint density at radius 2 is 2.37 bits per heavy atom. The Labute approximate surface area is 110 Å². The molecule has 0 aliphatic carbocycles. The highest BCUT2D eigenvalue weighted by Gasteiger charge is 2.14. The molecule has 1 unspecified atom stereocenters. The molecule has 0 saturated heterocycles. The number of hydrogen-bond acceptors (Lipinski definition) is 6. The highest BCUT2D eigenvalue weighted by atomic mass is 16.5. The number of aromatic nitrogens is 3. The second-order valence-electron chi connectivity index (χ2n) is 4.16. The van der Waals surface area contributed by atoms with Gasteiger partial charge in [0, 0.05) is 7.05 Å². The average molecular weight is 264 g/mol. The minimum Gasteiger partial charge on any atom is -0.463 e. The van der Waals surface area contributed by atoms with Gasteiger partial charge in [0.1, 0.15) is 17.9 Å². The predicted octanol–water partition coefficient (Wildman–Crippen LogP) is 1.05. The summed E-state index contributed by atoms with van der Waals surface area (Å²) in [7, 11) is 3.20. The van der Waals surface area contributed by atoms with E-state index in [9.17, 15) is 4.79 Å². The number of nitrogens with one attached hydrogen (secondary N) is 1. The van der Waals surface area contributed by atoms with Crippen molar-refractivity contribution in [2.24, 2.45) is 7.05 Å². The van der Waals surface area contributed by atoms with Crippen molar-refractivity contribution in [2.45, 2.75) is 19.5 Å². The Bertz CT molecular complexity index is 561. The molecule has 102 valence electrons. The van der Waals surface area contributed by atoms with Gasteiger partial charge in [-0.3, -0.25) is 0 Å². The van der Waals surface area contributed by atoms with Crippen molar-refractivity contribution in [1.29, 1.82) is 0 Å². The van der Waals surface area contributed by atoms with Crippen LogP contribution in [0.5, 0.6) is 0 Å². The van der Waals surface area contributed by atoms with Crippen molar-refractivity contribution in [3.63, 3.8) is 0 Å². The summed E-state index contributed by atoms with van der Waals surface area (Å²) in [5, 5.41) is 11.1. The molecule has 2 aromatic heterocycles. The Morgan fingerprint density at radius 1 is 1.58 bits per heavy atom. The van der Waals surface area contributed by atoms with Crippen LogP contribution in [0.15, 0.2) is 22.9 Å². The summed E-state index contributed by atoms with van der Waals surface area (Å²) in [6.45, 7) is 2.47. The first kappa shape index (κ1) is 13.3. The number of aryl methyl sites for hydroxylation is 1. The molecule has 7 nitrogen and oxygen atoms in total. The van der Waals surface area contributed by atoms with Crippen LogP contribution in [0.4, 0.5) is 0 Å². The van der Waals surface area contributed by atoms with Gasteiger partial charge in [0.15, 0.2) is 0 Å². The fraction of sp³-hybridized carbons (Fsp3) is 0.417. The molecule has 19 heavy (non-hydrogen) atoms. The highest BCUT2D eigenvalue weighted by molar-refractivity contribution is 5.86. The summed E-state index contributed by atoms with van der Waals surface area (Å²) >= 11 is 0. The third-order valence-corrected chi connectivity index (χ3v) is 2.76. The smallest absolute Gasteiger partial charge is 0.373 e. The predicted molar refractivity (Wildman–Crippen MR) is 66.3 cm³/mol. The number of methoxy groups -OCH3 is 1. The van der Waals surface area contributed by atoms with E-state index in [0.29, 0.717) is 12.3 Å². The molecule has 0 bridgehead atoms. The molecule has 0 fully saturated rings. The van der Waals surface area contributed by atoms with Crippen molar-refractivity contribution < 1.29 is 13.9 Å². The zero-order chi connectivity index (χ0) is 13.8. The van der Waals surface area contributed by atoms with Crippen molar-refractivity contribution in [3.05, 3.63) is 35.8 Å². The van der Waals surface area contributed by atoms with Crippen LogP contribution < -0.4 is 5.32 Å². The molecule has 2 rings (SSSR count). The number of carbonyl (C=O) groups is 1. The lowest BCUT2D eigenvalue weighted by Crippen LogP contribution is -2.20. The largest absolute Gasteiger partial charge is 0.463 e. The molecule has 1 N–H and O–H groups in total. The highest BCUT2D eigenvalue weighted by Crippen LogP contribution is 2.12. The molecule has 0 spiro atoms. The molecule has 0 radical (unpaired) electrons. The van der Waals surface area contributed by atoms with Gasteiger partial charge in [-0.2, -0.15) is 0 Å². The van der Waals surface area contributed by atoms with Crippen molar-refractivity contribution >= 4 is 5.97 Å². The summed E-state index contributed by atoms with van der Waals surface area (Å²) in [5.41, 5.74) is 0. The van der Waals surface area contributed by atoms with E-state index in [1.54, 1.807) is 18.5 Å². The fourth-order valence-electron chi connectivity index (χ4n) is 1.71.